The van der Waals surface area contributed by atoms with Crippen LogP contribution in [-0.4, -0.2) is 32.5 Å². The zero-order chi connectivity index (χ0) is 9.23. The second-order valence-electron chi connectivity index (χ2n) is 2.18. The number of hydrogen-bond donors (Lipinski definition) is 0. The summed E-state index contributed by atoms with van der Waals surface area (Å²) in [5.74, 6) is 0. The first-order chi connectivity index (χ1) is 5.85. The highest BCUT2D eigenvalue weighted by Gasteiger charge is 2.04. The number of hydrogen-bond acceptors (Lipinski definition) is 3. The molecule has 70 valence electrons. The van der Waals surface area contributed by atoms with Crippen molar-refractivity contribution < 1.29 is 9.47 Å². The molecule has 0 atom stereocenters. The minimum Gasteiger partial charge on any atom is -0.381 e. The molecule has 0 bridgehead atoms. The van der Waals surface area contributed by atoms with E-state index in [-0.39, 0.29) is 6.04 Å². The van der Waals surface area contributed by atoms with E-state index in [4.69, 9.17) is 15.0 Å². The molecular formula is C7H15N3O2. The van der Waals surface area contributed by atoms with Gasteiger partial charge in [0.15, 0.2) is 0 Å². The normalized spacial score (nSPS) is 9.92. The van der Waals surface area contributed by atoms with Crippen LogP contribution in [-0.2, 0) is 9.47 Å². The first kappa shape index (κ1) is 11.2. The van der Waals surface area contributed by atoms with Crippen molar-refractivity contribution in [3.8, 4) is 0 Å². The van der Waals surface area contributed by atoms with Crippen LogP contribution in [0.3, 0.4) is 0 Å². The molecule has 0 aliphatic rings. The first-order valence-corrected chi connectivity index (χ1v) is 4.04. The fraction of sp³-hybridized carbons (Fsp3) is 1.00. The molecule has 0 saturated carbocycles. The maximum Gasteiger partial charge on any atom is 0.0841 e. The number of ether oxygens (including phenoxy) is 2. The molecule has 0 saturated heterocycles. The Bertz CT molecular complexity index is 138. The molecule has 5 nitrogen and oxygen atoms in total. The predicted octanol–water partition coefficient (Wildman–Crippen LogP) is 1.74. The molecule has 0 radical (unpaired) electrons. The lowest BCUT2D eigenvalue weighted by atomic mass is 10.3. The molecule has 0 fully saturated rings. The van der Waals surface area contributed by atoms with Gasteiger partial charge in [-0.15, -0.1) is 0 Å². The second kappa shape index (κ2) is 8.33. The Morgan fingerprint density at radius 2 is 1.75 bits per heavy atom. The van der Waals surface area contributed by atoms with E-state index < -0.39 is 0 Å². The van der Waals surface area contributed by atoms with Crippen molar-refractivity contribution in [1.29, 1.82) is 0 Å². The van der Waals surface area contributed by atoms with Crippen LogP contribution in [0.1, 0.15) is 13.8 Å². The van der Waals surface area contributed by atoms with Crippen molar-refractivity contribution in [2.45, 2.75) is 19.9 Å². The summed E-state index contributed by atoms with van der Waals surface area (Å²) in [4.78, 5) is 2.71. The average Bonchev–Trinajstić information content (AvgIpc) is 2.10. The van der Waals surface area contributed by atoms with Gasteiger partial charge in [-0.1, -0.05) is 5.11 Å². The van der Waals surface area contributed by atoms with Gasteiger partial charge in [-0.25, -0.2) is 0 Å². The summed E-state index contributed by atoms with van der Waals surface area (Å²) >= 11 is 0. The van der Waals surface area contributed by atoms with Crippen LogP contribution in [0.25, 0.3) is 10.4 Å². The molecule has 0 rings (SSSR count). The predicted molar refractivity (Wildman–Crippen MR) is 45.9 cm³/mol. The molecule has 0 aliphatic heterocycles. The summed E-state index contributed by atoms with van der Waals surface area (Å²) in [7, 11) is 0. The second-order valence-corrected chi connectivity index (χ2v) is 2.18. The molecule has 0 unspecified atom stereocenters. The van der Waals surface area contributed by atoms with Crippen LogP contribution in [0.5, 0.6) is 0 Å². The Morgan fingerprint density at radius 3 is 2.08 bits per heavy atom. The van der Waals surface area contributed by atoms with Gasteiger partial charge in [0.1, 0.15) is 0 Å². The van der Waals surface area contributed by atoms with Gasteiger partial charge in [-0.3, -0.25) is 0 Å². The summed E-state index contributed by atoms with van der Waals surface area (Å²) in [6, 6.07) is -0.199. The van der Waals surface area contributed by atoms with Gasteiger partial charge >= 0.3 is 0 Å². The van der Waals surface area contributed by atoms with Crippen molar-refractivity contribution in [3.05, 3.63) is 10.4 Å². The Morgan fingerprint density at radius 1 is 1.25 bits per heavy atom. The van der Waals surface area contributed by atoms with Gasteiger partial charge in [-0.2, -0.15) is 0 Å². The van der Waals surface area contributed by atoms with Gasteiger partial charge in [-0.05, 0) is 19.4 Å². The summed E-state index contributed by atoms with van der Waals surface area (Å²) in [6.45, 7) is 5.91. The van der Waals surface area contributed by atoms with Crippen LogP contribution < -0.4 is 0 Å². The molecule has 0 N–H and O–H groups in total. The monoisotopic (exact) mass is 173 g/mol. The van der Waals surface area contributed by atoms with E-state index in [9.17, 15) is 0 Å². The van der Waals surface area contributed by atoms with Crippen molar-refractivity contribution in [2.24, 2.45) is 5.11 Å². The molecule has 0 aromatic carbocycles. The Labute approximate surface area is 72.3 Å². The number of nitrogens with zero attached hydrogens (tertiary/aromatic N) is 3. The van der Waals surface area contributed by atoms with E-state index in [0.717, 1.165) is 0 Å². The molecule has 0 spiro atoms. The van der Waals surface area contributed by atoms with Crippen LogP contribution in [0.4, 0.5) is 0 Å². The van der Waals surface area contributed by atoms with E-state index in [1.807, 2.05) is 13.8 Å². The molecular weight excluding hydrogens is 158 g/mol. The topological polar surface area (TPSA) is 67.2 Å². The van der Waals surface area contributed by atoms with E-state index in [1.54, 1.807) is 0 Å². The van der Waals surface area contributed by atoms with E-state index >= 15 is 0 Å². The van der Waals surface area contributed by atoms with Gasteiger partial charge in [0.25, 0.3) is 0 Å². The highest BCUT2D eigenvalue weighted by Crippen LogP contribution is 1.94. The van der Waals surface area contributed by atoms with Crippen molar-refractivity contribution in [1.82, 2.24) is 0 Å². The van der Waals surface area contributed by atoms with Crippen molar-refractivity contribution in [3.63, 3.8) is 0 Å². The lowest BCUT2D eigenvalue weighted by Gasteiger charge is -2.09. The van der Waals surface area contributed by atoms with Crippen molar-refractivity contribution in [2.75, 3.05) is 26.4 Å². The van der Waals surface area contributed by atoms with Crippen LogP contribution in [0, 0.1) is 0 Å². The largest absolute Gasteiger partial charge is 0.381 e. The minimum absolute atomic E-state index is 0.199. The van der Waals surface area contributed by atoms with Gasteiger partial charge in [0.2, 0.25) is 0 Å². The summed E-state index contributed by atoms with van der Waals surface area (Å²) in [5.41, 5.74) is 8.18. The third-order valence-corrected chi connectivity index (χ3v) is 1.24. The third-order valence-electron chi connectivity index (χ3n) is 1.24. The molecule has 0 aromatic rings. The highest BCUT2D eigenvalue weighted by atomic mass is 16.5. The summed E-state index contributed by atoms with van der Waals surface area (Å²) < 4.78 is 10.2. The molecule has 0 aliphatic carbocycles. The lowest BCUT2D eigenvalue weighted by Crippen LogP contribution is -2.19. The first-order valence-electron chi connectivity index (χ1n) is 4.04. The molecule has 0 amide bonds. The quantitative estimate of drug-likeness (QED) is 0.334. The van der Waals surface area contributed by atoms with E-state index in [1.165, 1.54) is 0 Å². The molecule has 5 heteroatoms. The van der Waals surface area contributed by atoms with Gasteiger partial charge in [0, 0.05) is 18.1 Å². The average molecular weight is 173 g/mol. The van der Waals surface area contributed by atoms with E-state index in [2.05, 4.69) is 10.0 Å². The zero-order valence-electron chi connectivity index (χ0n) is 7.56. The summed E-state index contributed by atoms with van der Waals surface area (Å²) in [5, 5.41) is 3.53. The SMILES string of the molecule is CCOCC(COCC)N=[N+]=[N-]. The number of azide groups is 1. The number of rotatable bonds is 7. The fourth-order valence-electron chi connectivity index (χ4n) is 0.696. The van der Waals surface area contributed by atoms with Crippen molar-refractivity contribution >= 4 is 0 Å². The molecule has 12 heavy (non-hydrogen) atoms. The Balaban J connectivity index is 3.61. The maximum atomic E-state index is 8.18. The fourth-order valence-corrected chi connectivity index (χ4v) is 0.696. The summed E-state index contributed by atoms with van der Waals surface area (Å²) in [6.07, 6.45) is 0. The van der Waals surface area contributed by atoms with Crippen LogP contribution >= 0.6 is 0 Å². The maximum absolute atomic E-state index is 8.18. The molecule has 0 aromatic heterocycles. The smallest absolute Gasteiger partial charge is 0.0841 e. The standard InChI is InChI=1S/C7H15N3O2/c1-3-11-5-7(9-10-8)6-12-4-2/h7H,3-6H2,1-2H3. The highest BCUT2D eigenvalue weighted by molar-refractivity contribution is 4.64. The van der Waals surface area contributed by atoms with Gasteiger partial charge in [0.05, 0.1) is 19.3 Å². The zero-order valence-corrected chi connectivity index (χ0v) is 7.56. The van der Waals surface area contributed by atoms with Crippen LogP contribution in [0.15, 0.2) is 5.11 Å². The van der Waals surface area contributed by atoms with E-state index in [0.29, 0.717) is 26.4 Å². The van der Waals surface area contributed by atoms with Crippen LogP contribution in [0.2, 0.25) is 0 Å². The van der Waals surface area contributed by atoms with Gasteiger partial charge < -0.3 is 9.47 Å². The Hall–Kier alpha value is -0.770. The lowest BCUT2D eigenvalue weighted by molar-refractivity contribution is 0.0778. The minimum atomic E-state index is -0.199. The third kappa shape index (κ3) is 5.97. The Kier molecular flexibility index (Phi) is 7.79. The molecule has 0 heterocycles.